The van der Waals surface area contributed by atoms with E-state index in [0.29, 0.717) is 12.6 Å². The first-order chi connectivity index (χ1) is 9.15. The summed E-state index contributed by atoms with van der Waals surface area (Å²) >= 11 is 0. The van der Waals surface area contributed by atoms with Crippen molar-refractivity contribution in [3.05, 3.63) is 29.8 Å². The van der Waals surface area contributed by atoms with Crippen molar-refractivity contribution in [1.29, 1.82) is 0 Å². The van der Waals surface area contributed by atoms with Gasteiger partial charge in [-0.15, -0.1) is 0 Å². The molecular formula is C14H20FN3O. The molecule has 19 heavy (non-hydrogen) atoms. The fourth-order valence-corrected chi connectivity index (χ4v) is 2.65. The highest BCUT2D eigenvalue weighted by Crippen LogP contribution is 2.17. The second-order valence-corrected chi connectivity index (χ2v) is 4.76. The third-order valence-electron chi connectivity index (χ3n) is 3.71. The molecule has 1 fully saturated rings. The van der Waals surface area contributed by atoms with E-state index >= 15 is 0 Å². The molecule has 0 spiro atoms. The van der Waals surface area contributed by atoms with E-state index in [4.69, 9.17) is 0 Å². The molecule has 1 aliphatic heterocycles. The smallest absolute Gasteiger partial charge is 0.272 e. The van der Waals surface area contributed by atoms with Gasteiger partial charge in [0.1, 0.15) is 5.69 Å². The predicted molar refractivity (Wildman–Crippen MR) is 71.4 cm³/mol. The molecule has 4 nitrogen and oxygen atoms in total. The van der Waals surface area contributed by atoms with E-state index in [1.807, 2.05) is 0 Å². The SMILES string of the molecule is CCN(CC)C1CCN(C(=O)c2cccc(F)n2)C1. The minimum atomic E-state index is -0.606. The fourth-order valence-electron chi connectivity index (χ4n) is 2.65. The first-order valence-corrected chi connectivity index (χ1v) is 6.81. The zero-order valence-corrected chi connectivity index (χ0v) is 11.5. The molecule has 1 aliphatic rings. The number of hydrogen-bond acceptors (Lipinski definition) is 3. The largest absolute Gasteiger partial charge is 0.336 e. The Bertz CT molecular complexity index is 448. The Labute approximate surface area is 113 Å². The minimum Gasteiger partial charge on any atom is -0.336 e. The Morgan fingerprint density at radius 1 is 1.47 bits per heavy atom. The van der Waals surface area contributed by atoms with Crippen LogP contribution in [0.3, 0.4) is 0 Å². The Hall–Kier alpha value is -1.49. The second-order valence-electron chi connectivity index (χ2n) is 4.76. The van der Waals surface area contributed by atoms with Crippen LogP contribution < -0.4 is 0 Å². The van der Waals surface area contributed by atoms with Crippen molar-refractivity contribution in [3.63, 3.8) is 0 Å². The van der Waals surface area contributed by atoms with Gasteiger partial charge in [-0.2, -0.15) is 4.39 Å². The van der Waals surface area contributed by atoms with E-state index in [1.54, 1.807) is 11.0 Å². The molecule has 0 bridgehead atoms. The van der Waals surface area contributed by atoms with Gasteiger partial charge in [0.25, 0.3) is 5.91 Å². The first kappa shape index (κ1) is 13.9. The summed E-state index contributed by atoms with van der Waals surface area (Å²) in [5.41, 5.74) is 0.195. The Kier molecular flexibility index (Phi) is 4.47. The maximum atomic E-state index is 13.0. The number of likely N-dealkylation sites (N-methyl/N-ethyl adjacent to an activating group) is 1. The highest BCUT2D eigenvalue weighted by molar-refractivity contribution is 5.92. The summed E-state index contributed by atoms with van der Waals surface area (Å²) < 4.78 is 13.0. The number of hydrogen-bond donors (Lipinski definition) is 0. The molecule has 1 saturated heterocycles. The van der Waals surface area contributed by atoms with Gasteiger partial charge < -0.3 is 4.90 Å². The predicted octanol–water partition coefficient (Wildman–Crippen LogP) is 1.78. The molecule has 0 saturated carbocycles. The number of likely N-dealkylation sites (tertiary alicyclic amines) is 1. The number of halogens is 1. The number of pyridine rings is 1. The average molecular weight is 265 g/mol. The molecule has 2 rings (SSSR count). The first-order valence-electron chi connectivity index (χ1n) is 6.81. The fraction of sp³-hybridized carbons (Fsp3) is 0.571. The quantitative estimate of drug-likeness (QED) is 0.779. The van der Waals surface area contributed by atoms with E-state index in [1.165, 1.54) is 12.1 Å². The lowest BCUT2D eigenvalue weighted by Crippen LogP contribution is -2.38. The lowest BCUT2D eigenvalue weighted by Gasteiger charge is -2.26. The van der Waals surface area contributed by atoms with E-state index in [0.717, 1.165) is 26.1 Å². The second kappa shape index (κ2) is 6.10. The minimum absolute atomic E-state index is 0.172. The molecule has 1 unspecified atom stereocenters. The zero-order valence-electron chi connectivity index (χ0n) is 11.5. The Morgan fingerprint density at radius 3 is 2.84 bits per heavy atom. The van der Waals surface area contributed by atoms with E-state index in [2.05, 4.69) is 23.7 Å². The number of rotatable bonds is 4. The van der Waals surface area contributed by atoms with Crippen molar-refractivity contribution in [2.75, 3.05) is 26.2 Å². The molecule has 2 heterocycles. The van der Waals surface area contributed by atoms with Gasteiger partial charge >= 0.3 is 0 Å². The van der Waals surface area contributed by atoms with Crippen LogP contribution in [0.25, 0.3) is 0 Å². The van der Waals surface area contributed by atoms with Crippen LogP contribution in [0.1, 0.15) is 30.8 Å². The monoisotopic (exact) mass is 265 g/mol. The third kappa shape index (κ3) is 3.10. The highest BCUT2D eigenvalue weighted by atomic mass is 19.1. The summed E-state index contributed by atoms with van der Waals surface area (Å²) in [6.45, 7) is 7.66. The van der Waals surface area contributed by atoms with Crippen molar-refractivity contribution in [3.8, 4) is 0 Å². The molecule has 5 heteroatoms. The maximum absolute atomic E-state index is 13.0. The van der Waals surface area contributed by atoms with Gasteiger partial charge in [-0.25, -0.2) is 4.98 Å². The molecule has 104 valence electrons. The number of nitrogens with zero attached hydrogens (tertiary/aromatic N) is 3. The molecule has 0 radical (unpaired) electrons. The van der Waals surface area contributed by atoms with Gasteiger partial charge in [0.15, 0.2) is 0 Å². The van der Waals surface area contributed by atoms with E-state index < -0.39 is 5.95 Å². The highest BCUT2D eigenvalue weighted by Gasteiger charge is 2.30. The van der Waals surface area contributed by atoms with Crippen LogP contribution in [-0.2, 0) is 0 Å². The van der Waals surface area contributed by atoms with E-state index in [9.17, 15) is 9.18 Å². The lowest BCUT2D eigenvalue weighted by molar-refractivity contribution is 0.0771. The molecule has 1 amide bonds. The zero-order chi connectivity index (χ0) is 13.8. The number of amides is 1. The molecule has 1 aromatic heterocycles. The van der Waals surface area contributed by atoms with E-state index in [-0.39, 0.29) is 11.6 Å². The van der Waals surface area contributed by atoms with Crippen LogP contribution in [0, 0.1) is 5.95 Å². The van der Waals surface area contributed by atoms with Gasteiger partial charge in [-0.3, -0.25) is 9.69 Å². The lowest BCUT2D eigenvalue weighted by atomic mass is 10.2. The van der Waals surface area contributed by atoms with Crippen LogP contribution >= 0.6 is 0 Å². The molecule has 1 atom stereocenters. The van der Waals surface area contributed by atoms with Crippen LogP contribution in [0.5, 0.6) is 0 Å². The van der Waals surface area contributed by atoms with Gasteiger partial charge in [-0.1, -0.05) is 19.9 Å². The van der Waals surface area contributed by atoms with Crippen molar-refractivity contribution in [2.24, 2.45) is 0 Å². The normalized spacial score (nSPS) is 19.2. The van der Waals surface area contributed by atoms with Crippen LogP contribution in [-0.4, -0.2) is 52.9 Å². The van der Waals surface area contributed by atoms with Crippen LogP contribution in [0.4, 0.5) is 4.39 Å². The number of carbonyl (C=O) groups is 1. The van der Waals surface area contributed by atoms with Crippen molar-refractivity contribution in [2.45, 2.75) is 26.3 Å². The summed E-state index contributed by atoms with van der Waals surface area (Å²) in [5.74, 6) is -0.778. The number of carbonyl (C=O) groups excluding carboxylic acids is 1. The maximum Gasteiger partial charge on any atom is 0.272 e. The average Bonchev–Trinajstić information content (AvgIpc) is 2.89. The summed E-state index contributed by atoms with van der Waals surface area (Å²) in [6.07, 6.45) is 0.975. The molecule has 0 N–H and O–H groups in total. The van der Waals surface area contributed by atoms with Crippen LogP contribution in [0.2, 0.25) is 0 Å². The van der Waals surface area contributed by atoms with Gasteiger partial charge in [0.2, 0.25) is 5.95 Å². The summed E-state index contributed by atoms with van der Waals surface area (Å²) in [4.78, 5) is 20.0. The van der Waals surface area contributed by atoms with Crippen molar-refractivity contribution < 1.29 is 9.18 Å². The van der Waals surface area contributed by atoms with Crippen LogP contribution in [0.15, 0.2) is 18.2 Å². The summed E-state index contributed by atoms with van der Waals surface area (Å²) in [6, 6.07) is 4.75. The Morgan fingerprint density at radius 2 is 2.21 bits per heavy atom. The third-order valence-corrected chi connectivity index (χ3v) is 3.71. The molecule has 0 aliphatic carbocycles. The molecule has 1 aromatic rings. The molecular weight excluding hydrogens is 245 g/mol. The van der Waals surface area contributed by atoms with Gasteiger partial charge in [0, 0.05) is 19.1 Å². The van der Waals surface area contributed by atoms with Gasteiger partial charge in [0.05, 0.1) is 0 Å². The summed E-state index contributed by atoms with van der Waals surface area (Å²) in [7, 11) is 0. The topological polar surface area (TPSA) is 36.4 Å². The Balaban J connectivity index is 2.02. The molecule has 0 aromatic carbocycles. The summed E-state index contributed by atoms with van der Waals surface area (Å²) in [5, 5.41) is 0. The van der Waals surface area contributed by atoms with Crippen molar-refractivity contribution in [1.82, 2.24) is 14.8 Å². The number of aromatic nitrogens is 1. The van der Waals surface area contributed by atoms with Gasteiger partial charge in [-0.05, 0) is 31.6 Å². The standard InChI is InChI=1S/C14H20FN3O/c1-3-17(4-2)11-8-9-18(10-11)14(19)12-6-5-7-13(15)16-12/h5-7,11H,3-4,8-10H2,1-2H3. The van der Waals surface area contributed by atoms with Crippen molar-refractivity contribution >= 4 is 5.91 Å².